The maximum atomic E-state index is 13.0. The standard InChI is InChI=1S/C23H23N3O5S/c1-14-6-11-20-18(12-14)22(17-4-2-3-5-19(17)26-20)23(28)31-13-21(27)25-15-7-9-16(10-8-15)32(24,29)30/h2-5,7-10,14H,6,11-13H2,1H3,(H,25,27)(H2,24,29,30)/t14-/m1/s1. The molecule has 0 saturated heterocycles. The first-order valence-corrected chi connectivity index (χ1v) is 11.8. The fourth-order valence-electron chi connectivity index (χ4n) is 3.92. The number of benzene rings is 2. The first-order chi connectivity index (χ1) is 15.2. The number of sulfonamides is 1. The van der Waals surface area contributed by atoms with Gasteiger partial charge in [-0.25, -0.2) is 18.4 Å². The van der Waals surface area contributed by atoms with E-state index in [0.717, 1.165) is 36.0 Å². The van der Waals surface area contributed by atoms with E-state index in [-0.39, 0.29) is 4.90 Å². The number of hydrogen-bond donors (Lipinski definition) is 2. The van der Waals surface area contributed by atoms with Crippen LogP contribution in [-0.2, 0) is 32.4 Å². The van der Waals surface area contributed by atoms with Crippen LogP contribution in [0.1, 0.15) is 35.0 Å². The number of primary sulfonamides is 1. The maximum Gasteiger partial charge on any atom is 0.339 e. The Bertz CT molecular complexity index is 1300. The zero-order valence-electron chi connectivity index (χ0n) is 17.5. The van der Waals surface area contributed by atoms with E-state index in [2.05, 4.69) is 12.2 Å². The van der Waals surface area contributed by atoms with Crippen molar-refractivity contribution < 1.29 is 22.7 Å². The van der Waals surface area contributed by atoms with Crippen molar-refractivity contribution >= 4 is 38.5 Å². The Kier molecular flexibility index (Phi) is 5.94. The number of ether oxygens (including phenoxy) is 1. The highest BCUT2D eigenvalue weighted by Gasteiger charge is 2.26. The number of aryl methyl sites for hydroxylation is 1. The van der Waals surface area contributed by atoms with Crippen LogP contribution in [-0.4, -0.2) is 31.9 Å². The van der Waals surface area contributed by atoms with Gasteiger partial charge in [-0.15, -0.1) is 0 Å². The van der Waals surface area contributed by atoms with Crippen molar-refractivity contribution in [1.82, 2.24) is 4.98 Å². The average molecular weight is 454 g/mol. The number of aromatic nitrogens is 1. The summed E-state index contributed by atoms with van der Waals surface area (Å²) in [5.74, 6) is -0.670. The molecular formula is C23H23N3O5S. The van der Waals surface area contributed by atoms with Gasteiger partial charge in [0.2, 0.25) is 10.0 Å². The predicted octanol–water partition coefficient (Wildman–Crippen LogP) is 2.80. The van der Waals surface area contributed by atoms with Gasteiger partial charge in [-0.2, -0.15) is 0 Å². The van der Waals surface area contributed by atoms with E-state index in [1.54, 1.807) is 0 Å². The molecule has 0 unspecified atom stereocenters. The lowest BCUT2D eigenvalue weighted by molar-refractivity contribution is -0.119. The number of pyridine rings is 1. The molecular weight excluding hydrogens is 430 g/mol. The van der Waals surface area contributed by atoms with Crippen LogP contribution in [0.4, 0.5) is 5.69 Å². The minimum Gasteiger partial charge on any atom is -0.452 e. The van der Waals surface area contributed by atoms with Crippen LogP contribution < -0.4 is 10.5 Å². The van der Waals surface area contributed by atoms with Gasteiger partial charge in [0.05, 0.1) is 16.0 Å². The SMILES string of the molecule is C[C@@H]1CCc2nc3ccccc3c(C(=O)OCC(=O)Nc3ccc(S(N)(=O)=O)cc3)c2C1. The molecule has 8 nitrogen and oxygen atoms in total. The van der Waals surface area contributed by atoms with E-state index in [1.165, 1.54) is 24.3 Å². The van der Waals surface area contributed by atoms with Crippen molar-refractivity contribution in [3.8, 4) is 0 Å². The number of nitrogens with one attached hydrogen (secondary N) is 1. The van der Waals surface area contributed by atoms with Crippen LogP contribution in [0.15, 0.2) is 53.4 Å². The second-order valence-corrected chi connectivity index (χ2v) is 9.53. The monoisotopic (exact) mass is 453 g/mol. The van der Waals surface area contributed by atoms with E-state index in [0.29, 0.717) is 22.6 Å². The number of fused-ring (bicyclic) bond motifs is 2. The van der Waals surface area contributed by atoms with Crippen LogP contribution in [0.2, 0.25) is 0 Å². The van der Waals surface area contributed by atoms with Crippen LogP contribution in [0, 0.1) is 5.92 Å². The third-order valence-corrected chi connectivity index (χ3v) is 6.44. The van der Waals surface area contributed by atoms with E-state index in [1.807, 2.05) is 24.3 Å². The van der Waals surface area contributed by atoms with Crippen molar-refractivity contribution in [3.63, 3.8) is 0 Å². The summed E-state index contributed by atoms with van der Waals surface area (Å²) < 4.78 is 28.0. The Balaban J connectivity index is 1.51. The third-order valence-electron chi connectivity index (χ3n) is 5.51. The van der Waals surface area contributed by atoms with Gasteiger partial charge in [0.25, 0.3) is 5.91 Å². The summed E-state index contributed by atoms with van der Waals surface area (Å²) in [6.45, 7) is 1.67. The van der Waals surface area contributed by atoms with Crippen molar-refractivity contribution in [2.24, 2.45) is 11.1 Å². The van der Waals surface area contributed by atoms with Crippen LogP contribution in [0.25, 0.3) is 10.9 Å². The summed E-state index contributed by atoms with van der Waals surface area (Å²) >= 11 is 0. The lowest BCUT2D eigenvalue weighted by Gasteiger charge is -2.24. The van der Waals surface area contributed by atoms with Crippen LogP contribution in [0.3, 0.4) is 0 Å². The molecule has 1 amide bonds. The minimum atomic E-state index is -3.82. The van der Waals surface area contributed by atoms with Gasteiger partial charge >= 0.3 is 5.97 Å². The zero-order chi connectivity index (χ0) is 22.9. The second kappa shape index (κ2) is 8.68. The first-order valence-electron chi connectivity index (χ1n) is 10.2. The van der Waals surface area contributed by atoms with Gasteiger partial charge in [0.1, 0.15) is 0 Å². The minimum absolute atomic E-state index is 0.0644. The molecule has 1 aromatic heterocycles. The molecule has 2 aromatic carbocycles. The molecule has 1 aliphatic carbocycles. The number of hydrogen-bond acceptors (Lipinski definition) is 6. The molecule has 3 N–H and O–H groups in total. The van der Waals surface area contributed by atoms with E-state index >= 15 is 0 Å². The third kappa shape index (κ3) is 4.63. The van der Waals surface area contributed by atoms with Gasteiger partial charge in [-0.1, -0.05) is 25.1 Å². The Morgan fingerprint density at radius 1 is 1.16 bits per heavy atom. The molecule has 0 bridgehead atoms. The Morgan fingerprint density at radius 3 is 2.59 bits per heavy atom. The maximum absolute atomic E-state index is 13.0. The van der Waals surface area contributed by atoms with Crippen LogP contribution in [0.5, 0.6) is 0 Å². The van der Waals surface area contributed by atoms with E-state index in [9.17, 15) is 18.0 Å². The number of esters is 1. The number of nitrogens with zero attached hydrogens (tertiary/aromatic N) is 1. The average Bonchev–Trinajstić information content (AvgIpc) is 2.75. The highest BCUT2D eigenvalue weighted by Crippen LogP contribution is 2.32. The molecule has 0 spiro atoms. The number of nitrogens with two attached hydrogens (primary N) is 1. The lowest BCUT2D eigenvalue weighted by Crippen LogP contribution is -2.23. The number of para-hydroxylation sites is 1. The molecule has 1 atom stereocenters. The quantitative estimate of drug-likeness (QED) is 0.572. The summed E-state index contributed by atoms with van der Waals surface area (Å²) in [4.78, 5) is 30.0. The Hall–Kier alpha value is -3.30. The number of carbonyl (C=O) groups excluding carboxylic acids is 2. The summed E-state index contributed by atoms with van der Waals surface area (Å²) in [5, 5.41) is 8.35. The summed E-state index contributed by atoms with van der Waals surface area (Å²) in [6, 6.07) is 12.8. The molecule has 3 aromatic rings. The van der Waals surface area contributed by atoms with Crippen molar-refractivity contribution in [1.29, 1.82) is 0 Å². The zero-order valence-corrected chi connectivity index (χ0v) is 18.3. The highest BCUT2D eigenvalue weighted by atomic mass is 32.2. The van der Waals surface area contributed by atoms with Gasteiger partial charge in [0, 0.05) is 16.8 Å². The van der Waals surface area contributed by atoms with Gasteiger partial charge < -0.3 is 10.1 Å². The predicted molar refractivity (Wildman–Crippen MR) is 120 cm³/mol. The second-order valence-electron chi connectivity index (χ2n) is 7.97. The van der Waals surface area contributed by atoms with Crippen molar-refractivity contribution in [2.75, 3.05) is 11.9 Å². The molecule has 32 heavy (non-hydrogen) atoms. The van der Waals surface area contributed by atoms with Gasteiger partial charge in [0.15, 0.2) is 6.61 Å². The summed E-state index contributed by atoms with van der Waals surface area (Å²) in [6.07, 6.45) is 2.55. The number of anilines is 1. The smallest absolute Gasteiger partial charge is 0.339 e. The number of carbonyl (C=O) groups is 2. The lowest BCUT2D eigenvalue weighted by atomic mass is 9.84. The molecule has 0 radical (unpaired) electrons. The molecule has 0 saturated carbocycles. The number of rotatable bonds is 5. The van der Waals surface area contributed by atoms with Crippen LogP contribution >= 0.6 is 0 Å². The number of amides is 1. The molecule has 1 aliphatic rings. The van der Waals surface area contributed by atoms with Gasteiger partial charge in [-0.3, -0.25) is 9.78 Å². The fraction of sp³-hybridized carbons (Fsp3) is 0.261. The van der Waals surface area contributed by atoms with E-state index < -0.39 is 28.5 Å². The molecule has 9 heteroatoms. The molecule has 0 aliphatic heterocycles. The van der Waals surface area contributed by atoms with Crippen molar-refractivity contribution in [2.45, 2.75) is 31.1 Å². The molecule has 166 valence electrons. The Morgan fingerprint density at radius 2 is 1.88 bits per heavy atom. The fourth-order valence-corrected chi connectivity index (χ4v) is 4.44. The molecule has 4 rings (SSSR count). The van der Waals surface area contributed by atoms with E-state index in [4.69, 9.17) is 14.9 Å². The Labute approximate surface area is 185 Å². The van der Waals surface area contributed by atoms with Gasteiger partial charge in [-0.05, 0) is 61.1 Å². The summed E-state index contributed by atoms with van der Waals surface area (Å²) in [5.41, 5.74) is 3.37. The molecule has 1 heterocycles. The summed E-state index contributed by atoms with van der Waals surface area (Å²) in [7, 11) is -3.82. The largest absolute Gasteiger partial charge is 0.452 e. The first kappa shape index (κ1) is 21.9. The van der Waals surface area contributed by atoms with Crippen molar-refractivity contribution in [3.05, 3.63) is 65.4 Å². The molecule has 0 fully saturated rings. The highest BCUT2D eigenvalue weighted by molar-refractivity contribution is 7.89. The normalized spacial score (nSPS) is 15.8. The topological polar surface area (TPSA) is 128 Å².